The van der Waals surface area contributed by atoms with Gasteiger partial charge >= 0.3 is 5.97 Å². The fourth-order valence-electron chi connectivity index (χ4n) is 2.50. The predicted molar refractivity (Wildman–Crippen MR) is 99.5 cm³/mol. The van der Waals surface area contributed by atoms with E-state index >= 15 is 0 Å². The zero-order valence-electron chi connectivity index (χ0n) is 14.8. The second-order valence-corrected chi connectivity index (χ2v) is 6.18. The normalized spacial score (nSPS) is 14.8. The van der Waals surface area contributed by atoms with Gasteiger partial charge in [0.2, 0.25) is 0 Å². The Bertz CT molecular complexity index is 651. The van der Waals surface area contributed by atoms with E-state index in [2.05, 4.69) is 18.7 Å². The van der Waals surface area contributed by atoms with Crippen LogP contribution in [-0.2, 0) is 9.47 Å². The molecule has 0 heterocycles. The smallest absolute Gasteiger partial charge is 0.341 e. The van der Waals surface area contributed by atoms with Crippen molar-refractivity contribution in [2.24, 2.45) is 0 Å². The first-order valence-electron chi connectivity index (χ1n) is 8.33. The number of esters is 1. The number of hydrogen-bond acceptors (Lipinski definition) is 4. The molecule has 5 heteroatoms. The van der Waals surface area contributed by atoms with Gasteiger partial charge in [-0.05, 0) is 49.8 Å². The number of rotatable bonds is 8. The standard InChI is InChI=1S/C20H24ClNO3/c1-4-22(3)15(2)18(16-11-7-5-8-12-16)24-20(21)25-19(23)17-13-9-6-10-14-17/h5-15,18,20H,4H2,1-3H3. The molecule has 0 spiro atoms. The summed E-state index contributed by atoms with van der Waals surface area (Å²) >= 11 is 6.18. The first-order valence-corrected chi connectivity index (χ1v) is 8.77. The number of ether oxygens (including phenoxy) is 2. The lowest BCUT2D eigenvalue weighted by Crippen LogP contribution is -2.37. The maximum Gasteiger partial charge on any atom is 0.341 e. The summed E-state index contributed by atoms with van der Waals surface area (Å²) in [5.41, 5.74) is 1.42. The molecule has 0 N–H and O–H groups in total. The highest BCUT2D eigenvalue weighted by molar-refractivity contribution is 6.19. The van der Waals surface area contributed by atoms with Gasteiger partial charge in [0.25, 0.3) is 5.75 Å². The number of hydrogen-bond donors (Lipinski definition) is 0. The van der Waals surface area contributed by atoms with Crippen LogP contribution in [0.25, 0.3) is 0 Å². The maximum atomic E-state index is 12.1. The molecule has 3 atom stereocenters. The topological polar surface area (TPSA) is 38.8 Å². The first-order chi connectivity index (χ1) is 12.0. The molecule has 2 aromatic carbocycles. The van der Waals surface area contributed by atoms with Gasteiger partial charge in [0.15, 0.2) is 0 Å². The second-order valence-electron chi connectivity index (χ2n) is 5.83. The summed E-state index contributed by atoms with van der Waals surface area (Å²) in [6.45, 7) is 5.00. The van der Waals surface area contributed by atoms with Crippen molar-refractivity contribution in [1.29, 1.82) is 0 Å². The minimum Gasteiger partial charge on any atom is -0.417 e. The van der Waals surface area contributed by atoms with E-state index in [1.165, 1.54) is 0 Å². The highest BCUT2D eigenvalue weighted by Crippen LogP contribution is 2.27. The van der Waals surface area contributed by atoms with Gasteiger partial charge in [-0.15, -0.1) is 0 Å². The monoisotopic (exact) mass is 361 g/mol. The number of carbonyl (C=O) groups is 1. The molecular formula is C20H24ClNO3. The van der Waals surface area contributed by atoms with Crippen LogP contribution in [0.15, 0.2) is 60.7 Å². The van der Waals surface area contributed by atoms with Gasteiger partial charge in [-0.2, -0.15) is 0 Å². The van der Waals surface area contributed by atoms with Crippen molar-refractivity contribution < 1.29 is 14.3 Å². The minimum atomic E-state index is -1.18. The van der Waals surface area contributed by atoms with Gasteiger partial charge in [-0.1, -0.05) is 55.5 Å². The number of likely N-dealkylation sites (N-methyl/N-ethyl adjacent to an activating group) is 1. The van der Waals surface area contributed by atoms with Gasteiger partial charge in [-0.25, -0.2) is 4.79 Å². The van der Waals surface area contributed by atoms with Gasteiger partial charge in [0, 0.05) is 6.04 Å². The molecule has 0 saturated carbocycles. The number of benzene rings is 2. The first kappa shape index (κ1) is 19.4. The lowest BCUT2D eigenvalue weighted by atomic mass is 10.0. The lowest BCUT2D eigenvalue weighted by molar-refractivity contribution is -0.115. The average molecular weight is 362 g/mol. The van der Waals surface area contributed by atoms with Crippen LogP contribution in [0.5, 0.6) is 0 Å². The highest BCUT2D eigenvalue weighted by Gasteiger charge is 2.27. The van der Waals surface area contributed by atoms with Crippen LogP contribution in [0, 0.1) is 0 Å². The minimum absolute atomic E-state index is 0.0593. The molecule has 0 aliphatic rings. The van der Waals surface area contributed by atoms with Crippen LogP contribution in [0.3, 0.4) is 0 Å². The van der Waals surface area contributed by atoms with Crippen molar-refractivity contribution >= 4 is 17.6 Å². The third-order valence-corrected chi connectivity index (χ3v) is 4.42. The Balaban J connectivity index is 2.09. The van der Waals surface area contributed by atoms with E-state index in [1.54, 1.807) is 24.3 Å². The van der Waals surface area contributed by atoms with Crippen LogP contribution in [-0.4, -0.2) is 36.3 Å². The Labute approximate surface area is 154 Å². The number of carbonyl (C=O) groups excluding carboxylic acids is 1. The van der Waals surface area contributed by atoms with E-state index in [0.29, 0.717) is 5.56 Å². The molecule has 3 unspecified atom stereocenters. The Morgan fingerprint density at radius 1 is 1.08 bits per heavy atom. The third kappa shape index (κ3) is 5.56. The van der Waals surface area contributed by atoms with E-state index in [9.17, 15) is 4.79 Å². The number of halogens is 1. The lowest BCUT2D eigenvalue weighted by Gasteiger charge is -2.32. The number of nitrogens with zero attached hydrogens (tertiary/aromatic N) is 1. The molecule has 0 aliphatic heterocycles. The molecule has 0 radical (unpaired) electrons. The van der Waals surface area contributed by atoms with E-state index in [-0.39, 0.29) is 12.1 Å². The van der Waals surface area contributed by atoms with Gasteiger partial charge in [-0.3, -0.25) is 0 Å². The molecule has 4 nitrogen and oxygen atoms in total. The Morgan fingerprint density at radius 2 is 1.64 bits per heavy atom. The maximum absolute atomic E-state index is 12.1. The molecule has 0 saturated heterocycles. The SMILES string of the molecule is CCN(C)C(C)C(OC(Cl)OC(=O)c1ccccc1)c1ccccc1. The quantitative estimate of drug-likeness (QED) is 0.395. The van der Waals surface area contributed by atoms with Crippen LogP contribution >= 0.6 is 11.6 Å². The fourth-order valence-corrected chi connectivity index (χ4v) is 2.69. The van der Waals surface area contributed by atoms with E-state index in [0.717, 1.165) is 12.1 Å². The van der Waals surface area contributed by atoms with E-state index in [4.69, 9.17) is 21.1 Å². The summed E-state index contributed by atoms with van der Waals surface area (Å²) in [4.78, 5) is 14.3. The van der Waals surface area contributed by atoms with Crippen LogP contribution < -0.4 is 0 Å². The Kier molecular flexibility index (Phi) is 7.44. The summed E-state index contributed by atoms with van der Waals surface area (Å²) in [7, 11) is 2.02. The van der Waals surface area contributed by atoms with Gasteiger partial charge in [0.05, 0.1) is 5.56 Å². The summed E-state index contributed by atoms with van der Waals surface area (Å²) in [6, 6.07) is 18.6. The van der Waals surface area contributed by atoms with Crippen LogP contribution in [0.1, 0.15) is 35.9 Å². The van der Waals surface area contributed by atoms with Crippen LogP contribution in [0.4, 0.5) is 0 Å². The fraction of sp³-hybridized carbons (Fsp3) is 0.350. The Hall–Kier alpha value is -1.88. The third-order valence-electron chi connectivity index (χ3n) is 4.22. The average Bonchev–Trinajstić information content (AvgIpc) is 2.66. The summed E-state index contributed by atoms with van der Waals surface area (Å²) < 4.78 is 11.1. The van der Waals surface area contributed by atoms with E-state index in [1.807, 2.05) is 43.4 Å². The van der Waals surface area contributed by atoms with E-state index < -0.39 is 11.7 Å². The predicted octanol–water partition coefficient (Wildman–Crippen LogP) is 4.46. The second kappa shape index (κ2) is 9.56. The number of alkyl halides is 1. The highest BCUT2D eigenvalue weighted by atomic mass is 35.5. The molecular weight excluding hydrogens is 338 g/mol. The molecule has 0 fully saturated rings. The van der Waals surface area contributed by atoms with Crippen molar-refractivity contribution in [2.45, 2.75) is 31.7 Å². The summed E-state index contributed by atoms with van der Waals surface area (Å²) in [5, 5.41) is 0. The summed E-state index contributed by atoms with van der Waals surface area (Å²) in [5.74, 6) is -1.69. The zero-order chi connectivity index (χ0) is 18.2. The molecule has 0 bridgehead atoms. The largest absolute Gasteiger partial charge is 0.417 e. The van der Waals surface area contributed by atoms with Crippen molar-refractivity contribution in [1.82, 2.24) is 4.90 Å². The van der Waals surface area contributed by atoms with Crippen molar-refractivity contribution in [2.75, 3.05) is 13.6 Å². The molecule has 25 heavy (non-hydrogen) atoms. The van der Waals surface area contributed by atoms with Gasteiger partial charge < -0.3 is 14.4 Å². The summed E-state index contributed by atoms with van der Waals surface area (Å²) in [6.07, 6.45) is -0.322. The Morgan fingerprint density at radius 3 is 2.20 bits per heavy atom. The van der Waals surface area contributed by atoms with Crippen LogP contribution in [0.2, 0.25) is 0 Å². The molecule has 134 valence electrons. The molecule has 2 rings (SSSR count). The zero-order valence-corrected chi connectivity index (χ0v) is 15.5. The van der Waals surface area contributed by atoms with Crippen molar-refractivity contribution in [3.8, 4) is 0 Å². The molecule has 0 amide bonds. The molecule has 0 aliphatic carbocycles. The molecule has 0 aromatic heterocycles. The van der Waals surface area contributed by atoms with Crippen molar-refractivity contribution in [3.05, 3.63) is 71.8 Å². The van der Waals surface area contributed by atoms with Gasteiger partial charge in [0.1, 0.15) is 6.10 Å². The molecule has 2 aromatic rings. The van der Waals surface area contributed by atoms with Crippen molar-refractivity contribution in [3.63, 3.8) is 0 Å².